The zero-order chi connectivity index (χ0) is 14.4. The molecule has 0 bridgehead atoms. The zero-order valence-electron chi connectivity index (χ0n) is 11.6. The third kappa shape index (κ3) is 2.20. The van der Waals surface area contributed by atoms with Gasteiger partial charge in [-0.05, 0) is 19.8 Å². The third-order valence-corrected chi connectivity index (χ3v) is 3.02. The number of fused-ring (bicyclic) bond motifs is 1. The minimum atomic E-state index is -0.461. The van der Waals surface area contributed by atoms with E-state index in [2.05, 4.69) is 10.1 Å². The standard InChI is InChI=1S/C12H19N5O2/c1-7(2)5-16-9(13)8(15-19)10(18)17-6-12(3,4)14-11(16)17/h7,13,19H,5-6H2,1-4H3. The number of guanidine groups is 1. The molecule has 1 fully saturated rings. The van der Waals surface area contributed by atoms with E-state index in [0.717, 1.165) is 0 Å². The van der Waals surface area contributed by atoms with Gasteiger partial charge in [0.15, 0.2) is 5.84 Å². The number of oxime groups is 1. The van der Waals surface area contributed by atoms with Crippen molar-refractivity contribution in [3.8, 4) is 0 Å². The van der Waals surface area contributed by atoms with E-state index in [-0.39, 0.29) is 17.1 Å². The van der Waals surface area contributed by atoms with Gasteiger partial charge >= 0.3 is 0 Å². The molecule has 0 radical (unpaired) electrons. The number of rotatable bonds is 2. The van der Waals surface area contributed by atoms with Crippen LogP contribution in [-0.4, -0.2) is 57.0 Å². The Balaban J connectivity index is 2.45. The van der Waals surface area contributed by atoms with Crippen molar-refractivity contribution in [1.29, 1.82) is 5.41 Å². The first kappa shape index (κ1) is 13.5. The number of amides is 1. The van der Waals surface area contributed by atoms with Gasteiger partial charge in [0.1, 0.15) is 0 Å². The fourth-order valence-corrected chi connectivity index (χ4v) is 2.28. The summed E-state index contributed by atoms with van der Waals surface area (Å²) in [5.74, 6) is 0.230. The topological polar surface area (TPSA) is 92.3 Å². The van der Waals surface area contributed by atoms with Gasteiger partial charge in [-0.15, -0.1) is 0 Å². The van der Waals surface area contributed by atoms with Crippen LogP contribution in [0.25, 0.3) is 0 Å². The minimum Gasteiger partial charge on any atom is -0.410 e. The molecule has 2 aliphatic rings. The molecule has 0 aromatic carbocycles. The molecule has 0 atom stereocenters. The van der Waals surface area contributed by atoms with Crippen LogP contribution in [-0.2, 0) is 4.79 Å². The summed E-state index contributed by atoms with van der Waals surface area (Å²) in [7, 11) is 0. The van der Waals surface area contributed by atoms with Crippen molar-refractivity contribution in [1.82, 2.24) is 9.80 Å². The minimum absolute atomic E-state index is 0.0890. The maximum Gasteiger partial charge on any atom is 0.286 e. The molecule has 0 aromatic heterocycles. The van der Waals surface area contributed by atoms with Gasteiger partial charge in [-0.3, -0.25) is 20.0 Å². The van der Waals surface area contributed by atoms with Crippen molar-refractivity contribution in [2.45, 2.75) is 33.2 Å². The second kappa shape index (κ2) is 4.32. The van der Waals surface area contributed by atoms with E-state index < -0.39 is 5.91 Å². The number of hydrogen-bond donors (Lipinski definition) is 2. The molecule has 2 aliphatic heterocycles. The third-order valence-electron chi connectivity index (χ3n) is 3.02. The molecule has 0 aliphatic carbocycles. The molecule has 1 saturated heterocycles. The summed E-state index contributed by atoms with van der Waals surface area (Å²) in [4.78, 5) is 19.8. The SMILES string of the molecule is CC(C)CN1C(=N)C(=NO)C(=O)N2CC(C)(C)N=C12. The average molecular weight is 265 g/mol. The Bertz CT molecular complexity index is 492. The van der Waals surface area contributed by atoms with Crippen LogP contribution in [0.4, 0.5) is 0 Å². The Morgan fingerprint density at radius 3 is 2.68 bits per heavy atom. The monoisotopic (exact) mass is 265 g/mol. The summed E-state index contributed by atoms with van der Waals surface area (Å²) >= 11 is 0. The summed E-state index contributed by atoms with van der Waals surface area (Å²) in [6, 6.07) is 0. The van der Waals surface area contributed by atoms with Gasteiger partial charge in [0.05, 0.1) is 12.1 Å². The highest BCUT2D eigenvalue weighted by atomic mass is 16.4. The van der Waals surface area contributed by atoms with Crippen molar-refractivity contribution >= 4 is 23.4 Å². The van der Waals surface area contributed by atoms with Gasteiger partial charge < -0.3 is 5.21 Å². The lowest BCUT2D eigenvalue weighted by Gasteiger charge is -2.35. The highest BCUT2D eigenvalue weighted by Gasteiger charge is 2.46. The second-order valence-corrected chi connectivity index (χ2v) is 5.92. The molecule has 104 valence electrons. The molecule has 2 rings (SSSR count). The lowest BCUT2D eigenvalue weighted by atomic mass is 10.1. The van der Waals surface area contributed by atoms with Gasteiger partial charge in [0, 0.05) is 6.54 Å². The Kier molecular flexibility index (Phi) is 3.07. The van der Waals surface area contributed by atoms with Crippen LogP contribution in [0.2, 0.25) is 0 Å². The molecule has 1 amide bonds. The fraction of sp³-hybridized carbons (Fsp3) is 0.667. The summed E-state index contributed by atoms with van der Waals surface area (Å²) in [6.45, 7) is 8.88. The van der Waals surface area contributed by atoms with Gasteiger partial charge in [-0.1, -0.05) is 19.0 Å². The first-order valence-corrected chi connectivity index (χ1v) is 6.27. The molecular formula is C12H19N5O2. The maximum atomic E-state index is 12.2. The van der Waals surface area contributed by atoms with Crippen LogP contribution >= 0.6 is 0 Å². The lowest BCUT2D eigenvalue weighted by Crippen LogP contribution is -2.60. The van der Waals surface area contributed by atoms with E-state index in [9.17, 15) is 4.79 Å². The second-order valence-electron chi connectivity index (χ2n) is 5.92. The van der Waals surface area contributed by atoms with Gasteiger partial charge in [-0.25, -0.2) is 4.99 Å². The van der Waals surface area contributed by atoms with E-state index in [1.54, 1.807) is 4.90 Å². The van der Waals surface area contributed by atoms with E-state index in [4.69, 9.17) is 10.6 Å². The van der Waals surface area contributed by atoms with Gasteiger partial charge in [0.2, 0.25) is 11.7 Å². The first-order valence-electron chi connectivity index (χ1n) is 6.27. The van der Waals surface area contributed by atoms with Crippen LogP contribution in [0, 0.1) is 11.3 Å². The number of hydrogen-bond acceptors (Lipinski definition) is 5. The van der Waals surface area contributed by atoms with E-state index in [1.807, 2.05) is 27.7 Å². The van der Waals surface area contributed by atoms with Crippen LogP contribution in [0.1, 0.15) is 27.7 Å². The van der Waals surface area contributed by atoms with Crippen LogP contribution < -0.4 is 0 Å². The quantitative estimate of drug-likeness (QED) is 0.569. The number of amidine groups is 1. The fourth-order valence-electron chi connectivity index (χ4n) is 2.28. The lowest BCUT2D eigenvalue weighted by molar-refractivity contribution is -0.121. The van der Waals surface area contributed by atoms with Gasteiger partial charge in [-0.2, -0.15) is 0 Å². The van der Waals surface area contributed by atoms with Crippen molar-refractivity contribution in [2.24, 2.45) is 16.1 Å². The van der Waals surface area contributed by atoms with Crippen LogP contribution in [0.5, 0.6) is 0 Å². The smallest absolute Gasteiger partial charge is 0.286 e. The summed E-state index contributed by atoms with van der Waals surface area (Å²) in [6.07, 6.45) is 0. The number of aliphatic imine (C=N–C) groups is 1. The molecule has 0 unspecified atom stereocenters. The summed E-state index contributed by atoms with van der Waals surface area (Å²) < 4.78 is 0. The number of carbonyl (C=O) groups excluding carboxylic acids is 1. The molecule has 7 nitrogen and oxygen atoms in total. The number of nitrogens with zero attached hydrogens (tertiary/aromatic N) is 4. The van der Waals surface area contributed by atoms with Gasteiger partial charge in [0.25, 0.3) is 5.91 Å². The van der Waals surface area contributed by atoms with Crippen molar-refractivity contribution in [2.75, 3.05) is 13.1 Å². The Morgan fingerprint density at radius 1 is 1.53 bits per heavy atom. The number of carbonyl (C=O) groups is 1. The molecule has 0 aromatic rings. The zero-order valence-corrected chi connectivity index (χ0v) is 11.6. The normalized spacial score (nSPS) is 24.3. The average Bonchev–Trinajstić information content (AvgIpc) is 2.61. The maximum absolute atomic E-state index is 12.2. The first-order chi connectivity index (χ1) is 8.76. The molecule has 0 saturated carbocycles. The summed E-state index contributed by atoms with van der Waals surface area (Å²) in [5.41, 5.74) is -0.608. The van der Waals surface area contributed by atoms with Crippen molar-refractivity contribution in [3.63, 3.8) is 0 Å². The predicted molar refractivity (Wildman–Crippen MR) is 71.7 cm³/mol. The van der Waals surface area contributed by atoms with E-state index in [0.29, 0.717) is 25.0 Å². The van der Waals surface area contributed by atoms with E-state index >= 15 is 0 Å². The number of nitrogens with one attached hydrogen (secondary N) is 1. The largest absolute Gasteiger partial charge is 0.410 e. The molecule has 19 heavy (non-hydrogen) atoms. The Morgan fingerprint density at radius 2 is 2.16 bits per heavy atom. The highest BCUT2D eigenvalue weighted by Crippen LogP contribution is 2.26. The molecule has 0 spiro atoms. The molecular weight excluding hydrogens is 246 g/mol. The van der Waals surface area contributed by atoms with E-state index in [1.165, 1.54) is 4.90 Å². The molecule has 7 heteroatoms. The van der Waals surface area contributed by atoms with Crippen molar-refractivity contribution in [3.05, 3.63) is 0 Å². The highest BCUT2D eigenvalue weighted by molar-refractivity contribution is 6.69. The molecule has 2 heterocycles. The predicted octanol–water partition coefficient (Wildman–Crippen LogP) is 0.742. The Hall–Kier alpha value is -1.92. The Labute approximate surface area is 112 Å². The molecule has 2 N–H and O–H groups in total. The van der Waals surface area contributed by atoms with Crippen LogP contribution in [0.3, 0.4) is 0 Å². The van der Waals surface area contributed by atoms with Crippen LogP contribution in [0.15, 0.2) is 10.1 Å². The summed E-state index contributed by atoms with van der Waals surface area (Å²) in [5, 5.41) is 20.0. The van der Waals surface area contributed by atoms with Crippen molar-refractivity contribution < 1.29 is 10.0 Å².